The van der Waals surface area contributed by atoms with E-state index in [2.05, 4.69) is 20.9 Å². The molecule has 0 radical (unpaired) electrons. The van der Waals surface area contributed by atoms with Gasteiger partial charge < -0.3 is 36.7 Å². The fraction of sp³-hybridized carbons (Fsp3) is 0.265. The van der Waals surface area contributed by atoms with Crippen LogP contribution >= 0.6 is 0 Å². The van der Waals surface area contributed by atoms with Crippen molar-refractivity contribution < 1.29 is 29.1 Å². The van der Waals surface area contributed by atoms with E-state index < -0.39 is 54.3 Å². The van der Waals surface area contributed by atoms with Gasteiger partial charge in [-0.15, -0.1) is 0 Å². The van der Waals surface area contributed by atoms with Crippen molar-refractivity contribution in [2.75, 3.05) is 7.05 Å². The number of carbonyl (C=O) groups excluding carboxylic acids is 5. The second-order valence-corrected chi connectivity index (χ2v) is 11.1. The first kappa shape index (κ1) is 33.4. The van der Waals surface area contributed by atoms with Crippen LogP contribution in [0.2, 0.25) is 0 Å². The molecule has 5 amide bonds. The zero-order chi connectivity index (χ0) is 33.2. The molecule has 1 heterocycles. The second-order valence-electron chi connectivity index (χ2n) is 11.1. The van der Waals surface area contributed by atoms with Crippen LogP contribution in [0.1, 0.15) is 34.8 Å². The summed E-state index contributed by atoms with van der Waals surface area (Å²) in [5.41, 5.74) is 7.94. The maximum Gasteiger partial charge on any atom is 0.254 e. The molecule has 46 heavy (non-hydrogen) atoms. The number of hydrogen-bond acceptors (Lipinski definition) is 6. The Morgan fingerprint density at radius 2 is 1.43 bits per heavy atom. The number of rotatable bonds is 14. The molecule has 12 heteroatoms. The van der Waals surface area contributed by atoms with E-state index in [-0.39, 0.29) is 24.4 Å². The van der Waals surface area contributed by atoms with E-state index in [0.29, 0.717) is 10.9 Å². The molecule has 0 aliphatic heterocycles. The summed E-state index contributed by atoms with van der Waals surface area (Å²) in [7, 11) is 1.63. The molecule has 1 aromatic heterocycles. The number of nitrogens with one attached hydrogen (secondary N) is 4. The summed E-state index contributed by atoms with van der Waals surface area (Å²) >= 11 is 0. The van der Waals surface area contributed by atoms with Crippen LogP contribution in [-0.2, 0) is 32.1 Å². The van der Waals surface area contributed by atoms with Crippen LogP contribution < -0.4 is 21.7 Å². The normalized spacial score (nSPS) is 13.5. The summed E-state index contributed by atoms with van der Waals surface area (Å²) in [6.07, 6.45) is -0.275. The zero-order valence-corrected chi connectivity index (χ0v) is 25.6. The highest BCUT2D eigenvalue weighted by atomic mass is 16.3. The Hall–Kier alpha value is -5.49. The van der Waals surface area contributed by atoms with Crippen molar-refractivity contribution >= 4 is 40.4 Å². The summed E-state index contributed by atoms with van der Waals surface area (Å²) < 4.78 is 0. The minimum Gasteiger partial charge on any atom is -0.391 e. The van der Waals surface area contributed by atoms with Crippen LogP contribution in [0.25, 0.3) is 10.9 Å². The number of nitrogens with zero attached hydrogens (tertiary/aromatic N) is 1. The summed E-state index contributed by atoms with van der Waals surface area (Å²) in [4.78, 5) is 70.4. The Morgan fingerprint density at radius 1 is 0.826 bits per heavy atom. The maximum atomic E-state index is 13.9. The highest BCUT2D eigenvalue weighted by Crippen LogP contribution is 2.18. The minimum absolute atomic E-state index is 0.144. The molecule has 0 fully saturated rings. The fourth-order valence-electron chi connectivity index (χ4n) is 5.08. The topological polar surface area (TPSA) is 187 Å². The number of hydrogen-bond donors (Lipinski definition) is 6. The molecule has 12 nitrogen and oxygen atoms in total. The number of benzene rings is 3. The van der Waals surface area contributed by atoms with Crippen LogP contribution in [0, 0.1) is 0 Å². The summed E-state index contributed by atoms with van der Waals surface area (Å²) in [6.45, 7) is 1.57. The van der Waals surface area contributed by atoms with Gasteiger partial charge in [0.05, 0.1) is 18.1 Å². The van der Waals surface area contributed by atoms with E-state index in [0.717, 1.165) is 11.1 Å². The van der Waals surface area contributed by atoms with E-state index in [1.165, 1.54) is 18.0 Å². The first-order valence-corrected chi connectivity index (χ1v) is 14.8. The first-order chi connectivity index (χ1) is 22.0. The van der Waals surface area contributed by atoms with Crippen molar-refractivity contribution in [2.24, 2.45) is 5.73 Å². The summed E-state index contributed by atoms with van der Waals surface area (Å²) in [6, 6.07) is 21.7. The van der Waals surface area contributed by atoms with Crippen molar-refractivity contribution in [3.63, 3.8) is 0 Å². The predicted octanol–water partition coefficient (Wildman–Crippen LogP) is 1.39. The Bertz CT molecular complexity index is 1670. The number of carbonyl (C=O) groups is 5. The number of primary amides is 1. The number of aromatic amines is 1. The molecule has 4 atom stereocenters. The SMILES string of the molecule is C[C@@H](O)C(NC(=O)CC(NC(=O)c1c[nH]c2ccccc12)C(=O)N[C@H](Cc1ccccc1)C(=O)N(C)Cc1ccccc1)C(N)=O. The predicted molar refractivity (Wildman–Crippen MR) is 172 cm³/mol. The second kappa shape index (κ2) is 15.5. The number of amides is 5. The van der Waals surface area contributed by atoms with E-state index >= 15 is 0 Å². The lowest BCUT2D eigenvalue weighted by Gasteiger charge is -2.27. The molecule has 4 rings (SSSR count). The van der Waals surface area contributed by atoms with Gasteiger partial charge in [-0.2, -0.15) is 0 Å². The van der Waals surface area contributed by atoms with Gasteiger partial charge in [0, 0.05) is 37.1 Å². The summed E-state index contributed by atoms with van der Waals surface area (Å²) in [5.74, 6) is -3.61. The molecule has 0 saturated heterocycles. The molecule has 240 valence electrons. The van der Waals surface area contributed by atoms with Crippen LogP contribution in [0.5, 0.6) is 0 Å². The molecule has 3 aromatic carbocycles. The fourth-order valence-corrected chi connectivity index (χ4v) is 5.08. The largest absolute Gasteiger partial charge is 0.391 e. The number of para-hydroxylation sites is 1. The first-order valence-electron chi connectivity index (χ1n) is 14.8. The smallest absolute Gasteiger partial charge is 0.254 e. The third kappa shape index (κ3) is 8.79. The monoisotopic (exact) mass is 626 g/mol. The van der Waals surface area contributed by atoms with Crippen molar-refractivity contribution in [3.8, 4) is 0 Å². The van der Waals surface area contributed by atoms with Gasteiger partial charge in [0.25, 0.3) is 5.91 Å². The average molecular weight is 627 g/mol. The van der Waals surface area contributed by atoms with Crippen LogP contribution in [-0.4, -0.2) is 75.8 Å². The quantitative estimate of drug-likeness (QED) is 0.123. The third-order valence-electron chi connectivity index (χ3n) is 7.49. The van der Waals surface area contributed by atoms with Gasteiger partial charge in [-0.25, -0.2) is 0 Å². The molecule has 0 aliphatic carbocycles. The molecular weight excluding hydrogens is 588 g/mol. The molecule has 7 N–H and O–H groups in total. The average Bonchev–Trinajstić information content (AvgIpc) is 3.48. The zero-order valence-electron chi connectivity index (χ0n) is 25.6. The van der Waals surface area contributed by atoms with E-state index in [1.807, 2.05) is 60.7 Å². The van der Waals surface area contributed by atoms with Crippen LogP contribution in [0.4, 0.5) is 0 Å². The number of H-pyrrole nitrogens is 1. The lowest BCUT2D eigenvalue weighted by Crippen LogP contribution is -2.57. The van der Waals surface area contributed by atoms with Gasteiger partial charge in [-0.3, -0.25) is 24.0 Å². The van der Waals surface area contributed by atoms with E-state index in [9.17, 15) is 29.1 Å². The minimum atomic E-state index is -1.46. The van der Waals surface area contributed by atoms with Crippen molar-refractivity contribution in [1.82, 2.24) is 25.8 Å². The highest BCUT2D eigenvalue weighted by molar-refractivity contribution is 6.08. The van der Waals surface area contributed by atoms with E-state index in [1.54, 1.807) is 31.3 Å². The van der Waals surface area contributed by atoms with Crippen molar-refractivity contribution in [3.05, 3.63) is 108 Å². The Morgan fingerprint density at radius 3 is 2.07 bits per heavy atom. The van der Waals surface area contributed by atoms with Crippen LogP contribution in [0.15, 0.2) is 91.1 Å². The number of aliphatic hydroxyl groups excluding tert-OH is 1. The van der Waals surface area contributed by atoms with Crippen molar-refractivity contribution in [1.29, 1.82) is 0 Å². The molecule has 0 spiro atoms. The molecule has 2 unspecified atom stereocenters. The Labute approximate surface area is 266 Å². The number of fused-ring (bicyclic) bond motifs is 1. The van der Waals surface area contributed by atoms with Gasteiger partial charge in [0.2, 0.25) is 23.6 Å². The number of aliphatic hydroxyl groups is 1. The lowest BCUT2D eigenvalue weighted by atomic mass is 10.0. The Balaban J connectivity index is 1.60. The lowest BCUT2D eigenvalue weighted by molar-refractivity contribution is -0.137. The van der Waals surface area contributed by atoms with E-state index in [4.69, 9.17) is 5.73 Å². The third-order valence-corrected chi connectivity index (χ3v) is 7.49. The van der Waals surface area contributed by atoms with Gasteiger partial charge in [-0.1, -0.05) is 78.9 Å². The molecule has 4 aromatic rings. The number of likely N-dealkylation sites (N-methyl/N-ethyl adjacent to an activating group) is 1. The molecule has 0 bridgehead atoms. The molecule has 0 saturated carbocycles. The van der Waals surface area contributed by atoms with Gasteiger partial charge in [-0.05, 0) is 24.1 Å². The van der Waals surface area contributed by atoms with Crippen molar-refractivity contribution in [2.45, 2.75) is 50.5 Å². The number of nitrogens with two attached hydrogens (primary N) is 1. The van der Waals surface area contributed by atoms with Gasteiger partial charge in [0.1, 0.15) is 18.1 Å². The molecule has 0 aliphatic rings. The molecular formula is C34H38N6O6. The Kier molecular flexibility index (Phi) is 11.2. The maximum absolute atomic E-state index is 13.9. The van der Waals surface area contributed by atoms with Crippen LogP contribution in [0.3, 0.4) is 0 Å². The van der Waals surface area contributed by atoms with Gasteiger partial charge in [0.15, 0.2) is 0 Å². The van der Waals surface area contributed by atoms with Gasteiger partial charge >= 0.3 is 0 Å². The highest BCUT2D eigenvalue weighted by Gasteiger charge is 2.32. The number of aromatic nitrogens is 1. The summed E-state index contributed by atoms with van der Waals surface area (Å²) in [5, 5.41) is 18.2. The standard InChI is InChI=1S/C34H38N6O6/c1-21(41)30(31(35)43)39-29(42)18-27(37-32(44)25-19-36-26-16-10-9-15-24(25)26)33(45)38-28(17-22-11-5-3-6-12-22)34(46)40(2)20-23-13-7-4-8-14-23/h3-16,19,21,27-28,30,36,41H,17-18,20H2,1-2H3,(H2,35,43)(H,37,44)(H,38,45)(H,39,42)/t21-,27?,28-,30?/m1/s1.